The third kappa shape index (κ3) is 5.38. The van der Waals surface area contributed by atoms with Gasteiger partial charge < -0.3 is 9.84 Å². The zero-order valence-corrected chi connectivity index (χ0v) is 20.5. The molecule has 1 amide bonds. The molecule has 186 valence electrons. The number of sulfonamides is 1. The van der Waals surface area contributed by atoms with Gasteiger partial charge in [-0.05, 0) is 24.3 Å². The molecular formula is C20H15Cl2F2N3O6S2. The Hall–Kier alpha value is -2.45. The number of ether oxygens (including phenoxy) is 1. The van der Waals surface area contributed by atoms with Crippen LogP contribution in [0.15, 0.2) is 40.3 Å². The fourth-order valence-electron chi connectivity index (χ4n) is 3.13. The molecule has 1 saturated heterocycles. The van der Waals surface area contributed by atoms with Gasteiger partial charge >= 0.3 is 0 Å². The van der Waals surface area contributed by atoms with Crippen LogP contribution in [-0.4, -0.2) is 54.9 Å². The van der Waals surface area contributed by atoms with Gasteiger partial charge in [0, 0.05) is 23.6 Å². The number of hydrogen-bond donors (Lipinski definition) is 2. The molecule has 2 aliphatic heterocycles. The van der Waals surface area contributed by atoms with Crippen LogP contribution in [0, 0.1) is 0 Å². The van der Waals surface area contributed by atoms with Crippen molar-refractivity contribution < 1.29 is 36.6 Å². The van der Waals surface area contributed by atoms with E-state index in [0.717, 1.165) is 24.3 Å². The number of phenols is 1. The summed E-state index contributed by atoms with van der Waals surface area (Å²) in [4.78, 5) is 23.4. The summed E-state index contributed by atoms with van der Waals surface area (Å²) in [7, 11) is -4.04. The summed E-state index contributed by atoms with van der Waals surface area (Å²) >= 11 is 14.1. The first-order chi connectivity index (χ1) is 16.5. The number of halogens is 4. The molecule has 35 heavy (non-hydrogen) atoms. The zero-order valence-electron chi connectivity index (χ0n) is 17.4. The van der Waals surface area contributed by atoms with Gasteiger partial charge in [-0.1, -0.05) is 23.2 Å². The number of amides is 1. The highest BCUT2D eigenvalue weighted by Crippen LogP contribution is 2.41. The van der Waals surface area contributed by atoms with Crippen LogP contribution in [0.25, 0.3) is 0 Å². The first kappa shape index (κ1) is 25.6. The summed E-state index contributed by atoms with van der Waals surface area (Å²) in [6, 6.07) is 5.58. The van der Waals surface area contributed by atoms with Gasteiger partial charge in [0.2, 0.25) is 10.0 Å². The molecule has 1 fully saturated rings. The molecule has 2 aromatic rings. The minimum Gasteiger partial charge on any atom is -0.507 e. The number of anilines is 1. The van der Waals surface area contributed by atoms with Gasteiger partial charge in [0.25, 0.3) is 12.3 Å². The van der Waals surface area contributed by atoms with Gasteiger partial charge in [-0.2, -0.15) is 21.9 Å². The van der Waals surface area contributed by atoms with E-state index in [2.05, 4.69) is 9.82 Å². The number of hydrogen-bond acceptors (Lipinski definition) is 8. The summed E-state index contributed by atoms with van der Waals surface area (Å²) in [6.45, 7) is 0. The Morgan fingerprint density at radius 3 is 2.40 bits per heavy atom. The molecule has 0 radical (unpaired) electrons. The predicted molar refractivity (Wildman–Crippen MR) is 127 cm³/mol. The number of nitrogens with one attached hydrogen (secondary N) is 1. The van der Waals surface area contributed by atoms with Crippen LogP contribution < -0.4 is 14.5 Å². The maximum Gasteiger partial charge on any atom is 0.285 e. The molecule has 0 atom stereocenters. The van der Waals surface area contributed by atoms with Gasteiger partial charge in [-0.15, -0.1) is 0 Å². The molecule has 2 aliphatic rings. The van der Waals surface area contributed by atoms with Crippen LogP contribution in [0.2, 0.25) is 10.0 Å². The lowest BCUT2D eigenvalue weighted by Gasteiger charge is -2.25. The number of rotatable bonds is 7. The van der Waals surface area contributed by atoms with E-state index in [1.165, 1.54) is 6.07 Å². The van der Waals surface area contributed by atoms with Gasteiger partial charge in [0.05, 0.1) is 22.2 Å². The van der Waals surface area contributed by atoms with Crippen molar-refractivity contribution >= 4 is 68.1 Å². The maximum atomic E-state index is 13.1. The summed E-state index contributed by atoms with van der Waals surface area (Å²) in [6.07, 6.45) is -3.97. The van der Waals surface area contributed by atoms with E-state index in [0.29, 0.717) is 16.5 Å². The Bertz CT molecular complexity index is 1330. The van der Waals surface area contributed by atoms with Crippen molar-refractivity contribution in [3.63, 3.8) is 0 Å². The summed E-state index contributed by atoms with van der Waals surface area (Å²) in [5.41, 5.74) is -1.15. The minimum atomic E-state index is -4.04. The molecule has 15 heteroatoms. The van der Waals surface area contributed by atoms with Gasteiger partial charge in [-0.25, -0.2) is 21.9 Å². The van der Waals surface area contributed by atoms with Crippen molar-refractivity contribution in [2.24, 2.45) is 5.10 Å². The summed E-state index contributed by atoms with van der Waals surface area (Å²) in [5, 5.41) is 13.8. The van der Waals surface area contributed by atoms with E-state index in [1.807, 2.05) is 0 Å². The lowest BCUT2D eigenvalue weighted by molar-refractivity contribution is -0.124. The molecule has 0 aromatic heterocycles. The number of ketones is 1. The SMILES string of the molecule is O=C1CC(=O)N(c2cc(Cl)c(Oc3ccc(O)c(S(=O)(=O)NC4CSC4)c3)c(Cl)c2)N=C1C(F)F. The van der Waals surface area contributed by atoms with Crippen molar-refractivity contribution in [1.29, 1.82) is 0 Å². The smallest absolute Gasteiger partial charge is 0.285 e. The first-order valence-electron chi connectivity index (χ1n) is 9.79. The fraction of sp³-hybridized carbons (Fsp3) is 0.250. The van der Waals surface area contributed by atoms with Crippen molar-refractivity contribution in [3.8, 4) is 17.2 Å². The normalized spacial score (nSPS) is 16.9. The largest absolute Gasteiger partial charge is 0.507 e. The van der Waals surface area contributed by atoms with Gasteiger partial charge in [0.15, 0.2) is 17.2 Å². The number of aromatic hydroxyl groups is 1. The average Bonchev–Trinajstić information content (AvgIpc) is 2.74. The standard InChI is InChI=1S/C20H15Cl2F2N3O6S2/c21-12-3-10(27-17(30)6-15(29)18(25-27)20(23)24)4-13(22)19(12)33-11-1-2-14(28)16(5-11)35(31,32)26-9-7-34-8-9/h1-5,9,20,26,28H,6-8H2. The highest BCUT2D eigenvalue weighted by Gasteiger charge is 2.34. The number of phenolic OH excluding ortho intramolecular Hbond substituents is 1. The highest BCUT2D eigenvalue weighted by molar-refractivity contribution is 8.01. The van der Waals surface area contributed by atoms with Gasteiger partial charge in [-0.3, -0.25) is 9.59 Å². The predicted octanol–water partition coefficient (Wildman–Crippen LogP) is 3.81. The number of alkyl halides is 2. The molecule has 0 unspecified atom stereocenters. The summed E-state index contributed by atoms with van der Waals surface area (Å²) in [5.74, 6) is -1.36. The topological polar surface area (TPSA) is 125 Å². The Morgan fingerprint density at radius 1 is 1.17 bits per heavy atom. The van der Waals surface area contributed by atoms with Crippen LogP contribution in [-0.2, 0) is 19.6 Å². The Kier molecular flexibility index (Phi) is 7.25. The second kappa shape index (κ2) is 9.90. The number of carbonyl (C=O) groups is 2. The van der Waals surface area contributed by atoms with Crippen molar-refractivity contribution in [2.45, 2.75) is 23.8 Å². The summed E-state index contributed by atoms with van der Waals surface area (Å²) < 4.78 is 59.5. The van der Waals surface area contributed by atoms with E-state index in [9.17, 15) is 31.9 Å². The van der Waals surface area contributed by atoms with E-state index in [4.69, 9.17) is 27.9 Å². The molecule has 4 rings (SSSR count). The molecule has 0 spiro atoms. The molecule has 0 bridgehead atoms. The second-order valence-electron chi connectivity index (χ2n) is 7.42. The number of thioether (sulfide) groups is 1. The lowest BCUT2D eigenvalue weighted by Crippen LogP contribution is -2.43. The van der Waals surface area contributed by atoms with Crippen LogP contribution in [0.5, 0.6) is 17.2 Å². The monoisotopic (exact) mass is 565 g/mol. The number of benzene rings is 2. The third-order valence-corrected chi connectivity index (χ3v) is 8.26. The van der Waals surface area contributed by atoms with E-state index < -0.39 is 50.9 Å². The highest BCUT2D eigenvalue weighted by atomic mass is 35.5. The van der Waals surface area contributed by atoms with Crippen LogP contribution in [0.3, 0.4) is 0 Å². The van der Waals surface area contributed by atoms with Gasteiger partial charge in [0.1, 0.15) is 16.4 Å². The number of Topliss-reactive ketones (excluding diaryl/α,β-unsaturated/α-hetero) is 1. The maximum absolute atomic E-state index is 13.1. The lowest BCUT2D eigenvalue weighted by atomic mass is 10.1. The molecule has 0 aliphatic carbocycles. The average molecular weight is 566 g/mol. The Morgan fingerprint density at radius 2 is 1.83 bits per heavy atom. The van der Waals surface area contributed by atoms with Crippen molar-refractivity contribution in [2.75, 3.05) is 16.5 Å². The van der Waals surface area contributed by atoms with Crippen molar-refractivity contribution in [1.82, 2.24) is 4.72 Å². The van der Waals surface area contributed by atoms with Crippen LogP contribution >= 0.6 is 35.0 Å². The number of hydrazone groups is 1. The van der Waals surface area contributed by atoms with E-state index in [-0.39, 0.29) is 33.3 Å². The third-order valence-electron chi connectivity index (χ3n) is 4.88. The van der Waals surface area contributed by atoms with E-state index in [1.54, 1.807) is 11.8 Å². The number of carbonyl (C=O) groups excluding carboxylic acids is 2. The molecule has 2 heterocycles. The number of nitrogens with zero attached hydrogens (tertiary/aromatic N) is 2. The zero-order chi connectivity index (χ0) is 25.5. The van der Waals surface area contributed by atoms with E-state index >= 15 is 0 Å². The quantitative estimate of drug-likeness (QED) is 0.489. The molecule has 2 N–H and O–H groups in total. The second-order valence-corrected chi connectivity index (χ2v) is 11.0. The van der Waals surface area contributed by atoms with Crippen LogP contribution in [0.1, 0.15) is 6.42 Å². The van der Waals surface area contributed by atoms with Crippen molar-refractivity contribution in [3.05, 3.63) is 40.4 Å². The minimum absolute atomic E-state index is 0.0274. The molecule has 9 nitrogen and oxygen atoms in total. The molecule has 2 aromatic carbocycles. The van der Waals surface area contributed by atoms with Crippen LogP contribution in [0.4, 0.5) is 14.5 Å². The Balaban J connectivity index is 1.63. The Labute approximate surface area is 212 Å². The first-order valence-corrected chi connectivity index (χ1v) is 13.2. The molecule has 0 saturated carbocycles. The fourth-order valence-corrected chi connectivity index (χ4v) is 5.88. The molecular weight excluding hydrogens is 551 g/mol.